The van der Waals surface area contributed by atoms with Crippen LogP contribution in [0.3, 0.4) is 0 Å². The van der Waals surface area contributed by atoms with Crippen LogP contribution in [0, 0.1) is 6.92 Å². The maximum absolute atomic E-state index is 13.6. The monoisotopic (exact) mass is 500 g/mol. The Morgan fingerprint density at radius 3 is 2.46 bits per heavy atom. The Morgan fingerprint density at radius 2 is 1.86 bits per heavy atom. The summed E-state index contributed by atoms with van der Waals surface area (Å²) < 4.78 is 8.26. The smallest absolute Gasteiger partial charge is 0.333 e. The van der Waals surface area contributed by atoms with Gasteiger partial charge in [0.25, 0.3) is 11.5 Å². The highest BCUT2D eigenvalue weighted by Crippen LogP contribution is 2.29. The van der Waals surface area contributed by atoms with Crippen molar-refractivity contribution in [2.45, 2.75) is 66.2 Å². The number of aryl methyl sites for hydroxylation is 3. The van der Waals surface area contributed by atoms with E-state index in [0.29, 0.717) is 34.0 Å². The Hall–Kier alpha value is -3.40. The zero-order valence-electron chi connectivity index (χ0n) is 20.9. The number of benzene rings is 1. The highest BCUT2D eigenvalue weighted by atomic mass is 32.1. The van der Waals surface area contributed by atoms with E-state index in [1.807, 2.05) is 38.1 Å². The summed E-state index contributed by atoms with van der Waals surface area (Å²) in [6.45, 7) is 10.8. The first-order valence-corrected chi connectivity index (χ1v) is 12.4. The molecule has 0 spiro atoms. The number of carbonyl (C=O) groups excluding carboxylic acids is 2. The fourth-order valence-corrected chi connectivity index (χ4v) is 5.15. The molecule has 0 atom stereocenters. The summed E-state index contributed by atoms with van der Waals surface area (Å²) in [6, 6.07) is 7.55. The number of thiophene rings is 1. The highest BCUT2D eigenvalue weighted by molar-refractivity contribution is 7.20. The molecule has 2 amide bonds. The molecule has 188 valence electrons. The van der Waals surface area contributed by atoms with Crippen molar-refractivity contribution in [3.8, 4) is 5.75 Å². The van der Waals surface area contributed by atoms with Gasteiger partial charge in [-0.1, -0.05) is 18.2 Å². The van der Waals surface area contributed by atoms with Gasteiger partial charge < -0.3 is 15.8 Å². The average molecular weight is 501 g/mol. The molecule has 10 heteroatoms. The van der Waals surface area contributed by atoms with Gasteiger partial charge in [0, 0.05) is 13.1 Å². The molecular weight excluding hydrogens is 468 g/mol. The second kappa shape index (κ2) is 10.1. The molecule has 2 heterocycles. The zero-order chi connectivity index (χ0) is 26.1. The van der Waals surface area contributed by atoms with E-state index in [1.165, 1.54) is 18.4 Å². The third kappa shape index (κ3) is 4.88. The van der Waals surface area contributed by atoms with Gasteiger partial charge in [0.05, 0.1) is 16.4 Å². The van der Waals surface area contributed by atoms with Crippen molar-refractivity contribution in [3.63, 3.8) is 0 Å². The van der Waals surface area contributed by atoms with E-state index in [2.05, 4.69) is 5.32 Å². The van der Waals surface area contributed by atoms with Crippen molar-refractivity contribution in [1.82, 2.24) is 14.5 Å². The van der Waals surface area contributed by atoms with E-state index in [0.717, 1.165) is 21.5 Å². The second-order valence-corrected chi connectivity index (χ2v) is 10.1. The molecule has 0 unspecified atom stereocenters. The summed E-state index contributed by atoms with van der Waals surface area (Å²) in [5.41, 5.74) is 4.07. The quantitative estimate of drug-likeness (QED) is 0.467. The predicted octanol–water partition coefficient (Wildman–Crippen LogP) is 2.53. The van der Waals surface area contributed by atoms with Gasteiger partial charge in [0.15, 0.2) is 0 Å². The van der Waals surface area contributed by atoms with Gasteiger partial charge in [0.1, 0.15) is 16.1 Å². The Balaban J connectivity index is 2.26. The lowest BCUT2D eigenvalue weighted by molar-refractivity contribution is -0.125. The molecule has 2 aromatic heterocycles. The molecule has 0 aliphatic carbocycles. The summed E-state index contributed by atoms with van der Waals surface area (Å²) >= 11 is 1.09. The number of fused-ring (bicyclic) bond motifs is 1. The van der Waals surface area contributed by atoms with Crippen molar-refractivity contribution >= 4 is 33.4 Å². The van der Waals surface area contributed by atoms with Crippen LogP contribution in [0.4, 0.5) is 0 Å². The number of hydrogen-bond acceptors (Lipinski definition) is 6. The van der Waals surface area contributed by atoms with Crippen LogP contribution in [-0.2, 0) is 23.3 Å². The number of nitrogens with two attached hydrogens (primary N) is 1. The minimum atomic E-state index is -1.57. The molecule has 3 rings (SSSR count). The molecule has 0 aliphatic rings. The molecule has 0 saturated carbocycles. The lowest BCUT2D eigenvalue weighted by Crippen LogP contribution is -2.54. The third-order valence-electron chi connectivity index (χ3n) is 5.86. The third-order valence-corrected chi connectivity index (χ3v) is 7.17. The lowest BCUT2D eigenvalue weighted by Gasteiger charge is -2.24. The van der Waals surface area contributed by atoms with Crippen LogP contribution >= 0.6 is 11.3 Å². The molecular formula is C25H32N4O5S. The Bertz CT molecular complexity index is 1400. The van der Waals surface area contributed by atoms with Crippen molar-refractivity contribution in [2.24, 2.45) is 5.73 Å². The summed E-state index contributed by atoms with van der Waals surface area (Å²) in [6.07, 6.45) is 0.406. The number of ether oxygens (including phenoxy) is 1. The van der Waals surface area contributed by atoms with Gasteiger partial charge in [-0.15, -0.1) is 11.3 Å². The number of amides is 2. The fourth-order valence-electron chi connectivity index (χ4n) is 3.92. The SMILES string of the molecule is CCNC(=O)c1sc2c(c1C)c(=O)n(C(C)(C)C(N)=O)c(=O)n2CCc1ccccc1OC(C)C. The normalized spacial score (nSPS) is 11.7. The van der Waals surface area contributed by atoms with Crippen LogP contribution in [0.2, 0.25) is 0 Å². The minimum Gasteiger partial charge on any atom is -0.491 e. The van der Waals surface area contributed by atoms with Gasteiger partial charge in [-0.2, -0.15) is 0 Å². The molecule has 0 aliphatic heterocycles. The fraction of sp³-hybridized carbons (Fsp3) is 0.440. The molecule has 1 aromatic carbocycles. The molecule has 35 heavy (non-hydrogen) atoms. The number of aromatic nitrogens is 2. The van der Waals surface area contributed by atoms with Crippen molar-refractivity contribution in [3.05, 3.63) is 61.1 Å². The summed E-state index contributed by atoms with van der Waals surface area (Å²) in [7, 11) is 0. The van der Waals surface area contributed by atoms with Gasteiger partial charge in [-0.25, -0.2) is 9.36 Å². The van der Waals surface area contributed by atoms with Crippen molar-refractivity contribution in [1.29, 1.82) is 0 Å². The van der Waals surface area contributed by atoms with Crippen LogP contribution in [0.25, 0.3) is 10.2 Å². The van der Waals surface area contributed by atoms with Gasteiger partial charge in [-0.05, 0) is 65.2 Å². The number of rotatable bonds is 9. The molecule has 3 N–H and O–H groups in total. The first-order chi connectivity index (χ1) is 16.4. The second-order valence-electron chi connectivity index (χ2n) is 9.12. The van der Waals surface area contributed by atoms with Gasteiger partial charge in [-0.3, -0.25) is 19.0 Å². The summed E-state index contributed by atoms with van der Waals surface area (Å²) in [4.78, 5) is 52.8. The Kier molecular flexibility index (Phi) is 7.54. The molecule has 9 nitrogen and oxygen atoms in total. The van der Waals surface area contributed by atoms with E-state index in [4.69, 9.17) is 10.5 Å². The first-order valence-electron chi connectivity index (χ1n) is 11.5. The van der Waals surface area contributed by atoms with Crippen LogP contribution in [0.1, 0.15) is 55.4 Å². The topological polar surface area (TPSA) is 125 Å². The molecule has 0 radical (unpaired) electrons. The van der Waals surface area contributed by atoms with Crippen LogP contribution < -0.4 is 27.0 Å². The van der Waals surface area contributed by atoms with E-state index in [9.17, 15) is 19.2 Å². The summed E-state index contributed by atoms with van der Waals surface area (Å²) in [5.74, 6) is -0.418. The largest absolute Gasteiger partial charge is 0.491 e. The van der Waals surface area contributed by atoms with Crippen LogP contribution in [0.15, 0.2) is 33.9 Å². The zero-order valence-corrected chi connectivity index (χ0v) is 21.7. The van der Waals surface area contributed by atoms with E-state index < -0.39 is 22.7 Å². The molecule has 0 bridgehead atoms. The van der Waals surface area contributed by atoms with E-state index in [-0.39, 0.29) is 23.9 Å². The molecule has 0 saturated heterocycles. The maximum Gasteiger partial charge on any atom is 0.333 e. The average Bonchev–Trinajstić information content (AvgIpc) is 3.11. The molecule has 3 aromatic rings. The van der Waals surface area contributed by atoms with Gasteiger partial charge in [0.2, 0.25) is 5.91 Å². The Labute approximate surface area is 207 Å². The van der Waals surface area contributed by atoms with E-state index in [1.54, 1.807) is 13.8 Å². The van der Waals surface area contributed by atoms with E-state index >= 15 is 0 Å². The Morgan fingerprint density at radius 1 is 1.20 bits per heavy atom. The number of nitrogens with one attached hydrogen (secondary N) is 1. The van der Waals surface area contributed by atoms with Crippen molar-refractivity contribution < 1.29 is 14.3 Å². The minimum absolute atomic E-state index is 0.0246. The van der Waals surface area contributed by atoms with Crippen LogP contribution in [-0.4, -0.2) is 33.6 Å². The van der Waals surface area contributed by atoms with Gasteiger partial charge >= 0.3 is 5.69 Å². The van der Waals surface area contributed by atoms with Crippen LogP contribution in [0.5, 0.6) is 5.75 Å². The number of primary amides is 1. The first kappa shape index (κ1) is 26.2. The standard InChI is InChI=1S/C25H32N4O5S/c1-7-27-20(30)19-15(4)18-21(31)29(25(5,6)23(26)32)24(33)28(22(18)35-19)13-12-16-10-8-9-11-17(16)34-14(2)3/h8-11,14H,7,12-13H2,1-6H3,(H2,26,32)(H,27,30). The van der Waals surface area contributed by atoms with Crippen molar-refractivity contribution in [2.75, 3.05) is 6.54 Å². The maximum atomic E-state index is 13.6. The predicted molar refractivity (Wildman–Crippen MR) is 138 cm³/mol. The lowest BCUT2D eigenvalue weighted by atomic mass is 10.0. The molecule has 0 fully saturated rings. The number of hydrogen-bond donors (Lipinski definition) is 2. The highest BCUT2D eigenvalue weighted by Gasteiger charge is 2.34. The number of carbonyl (C=O) groups is 2. The number of para-hydroxylation sites is 1. The summed E-state index contributed by atoms with van der Waals surface area (Å²) in [5, 5.41) is 2.98. The number of nitrogens with zero attached hydrogens (tertiary/aromatic N) is 2.